The zero-order valence-corrected chi connectivity index (χ0v) is 16.6. The quantitative estimate of drug-likeness (QED) is 0.595. The molecule has 0 unspecified atom stereocenters. The van der Waals surface area contributed by atoms with E-state index in [4.69, 9.17) is 28.9 Å². The van der Waals surface area contributed by atoms with Gasteiger partial charge in [0, 0.05) is 23.5 Å². The van der Waals surface area contributed by atoms with Crippen molar-refractivity contribution in [1.82, 2.24) is 14.5 Å². The predicted molar refractivity (Wildman–Crippen MR) is 102 cm³/mol. The van der Waals surface area contributed by atoms with Crippen LogP contribution in [-0.2, 0) is 22.7 Å². The van der Waals surface area contributed by atoms with Gasteiger partial charge in [-0.1, -0.05) is 23.2 Å². The van der Waals surface area contributed by atoms with Gasteiger partial charge in [-0.05, 0) is 29.8 Å². The Bertz CT molecular complexity index is 1170. The first kappa shape index (κ1) is 21.4. The number of halogens is 5. The molecule has 0 aliphatic carbocycles. The van der Waals surface area contributed by atoms with E-state index in [1.54, 1.807) is 0 Å². The Morgan fingerprint density at radius 1 is 1.14 bits per heavy atom. The molecule has 3 N–H and O–H groups in total. The molecule has 0 amide bonds. The molecule has 1 aromatic carbocycles. The number of nitrogens with one attached hydrogen (secondary N) is 1. The van der Waals surface area contributed by atoms with Crippen molar-refractivity contribution in [2.45, 2.75) is 17.7 Å². The molecule has 0 spiro atoms. The normalized spacial score (nSPS) is 12.2. The summed E-state index contributed by atoms with van der Waals surface area (Å²) < 4.78 is 67.3. The lowest BCUT2D eigenvalue weighted by molar-refractivity contribution is -0.137. The van der Waals surface area contributed by atoms with Crippen LogP contribution in [0.25, 0.3) is 5.82 Å². The Morgan fingerprint density at radius 3 is 2.48 bits per heavy atom. The zero-order chi connectivity index (χ0) is 21.4. The maximum absolute atomic E-state index is 12.8. The zero-order valence-electron chi connectivity index (χ0n) is 14.3. The fourth-order valence-corrected chi connectivity index (χ4v) is 3.99. The minimum atomic E-state index is -4.64. The van der Waals surface area contributed by atoms with Crippen LogP contribution in [0.1, 0.15) is 11.1 Å². The summed E-state index contributed by atoms with van der Waals surface area (Å²) >= 11 is 11.9. The van der Waals surface area contributed by atoms with Crippen LogP contribution in [0.3, 0.4) is 0 Å². The van der Waals surface area contributed by atoms with Crippen LogP contribution in [0.15, 0.2) is 48.0 Å². The molecule has 2 aromatic heterocycles. The second kappa shape index (κ2) is 7.82. The first-order valence-electron chi connectivity index (χ1n) is 7.79. The Labute approximate surface area is 173 Å². The van der Waals surface area contributed by atoms with Crippen LogP contribution < -0.4 is 10.5 Å². The highest BCUT2D eigenvalue weighted by Gasteiger charge is 2.32. The van der Waals surface area contributed by atoms with Gasteiger partial charge in [0.2, 0.25) is 0 Å². The van der Waals surface area contributed by atoms with E-state index in [1.165, 1.54) is 18.2 Å². The molecule has 0 fully saturated rings. The summed E-state index contributed by atoms with van der Waals surface area (Å²) in [4.78, 5) is 7.40. The third-order valence-electron chi connectivity index (χ3n) is 3.77. The minimum absolute atomic E-state index is 0.0947. The second-order valence-electron chi connectivity index (χ2n) is 5.74. The highest BCUT2D eigenvalue weighted by atomic mass is 35.5. The standard InChI is InChI=1S/C16H12Cl2F3N5O2S/c17-12-2-1-11(3-9(12)5-22)25-29(27,28)14-7-23-8-26(14)15-13(18)4-10(6-24-15)16(19,20)21/h1-4,6-8,25H,5,22H2. The molecule has 29 heavy (non-hydrogen) atoms. The molecule has 2 heterocycles. The summed E-state index contributed by atoms with van der Waals surface area (Å²) in [7, 11) is -4.20. The Balaban J connectivity index is 1.99. The maximum atomic E-state index is 12.8. The molecular formula is C16H12Cl2F3N5O2S. The van der Waals surface area contributed by atoms with Crippen LogP contribution in [0, 0.1) is 0 Å². The second-order valence-corrected chi connectivity index (χ2v) is 8.19. The van der Waals surface area contributed by atoms with E-state index in [1.807, 2.05) is 0 Å². The summed E-state index contributed by atoms with van der Waals surface area (Å²) in [6.07, 6.45) is -2.01. The lowest BCUT2D eigenvalue weighted by Crippen LogP contribution is -2.18. The highest BCUT2D eigenvalue weighted by molar-refractivity contribution is 7.92. The molecule has 3 aromatic rings. The van der Waals surface area contributed by atoms with E-state index in [0.717, 1.165) is 17.1 Å². The lowest BCUT2D eigenvalue weighted by atomic mass is 10.2. The van der Waals surface area contributed by atoms with Crippen molar-refractivity contribution < 1.29 is 21.6 Å². The molecule has 0 saturated carbocycles. The number of aromatic nitrogens is 3. The van der Waals surface area contributed by atoms with Gasteiger partial charge in [-0.15, -0.1) is 0 Å². The van der Waals surface area contributed by atoms with Crippen molar-refractivity contribution in [2.24, 2.45) is 5.73 Å². The number of benzene rings is 1. The number of hydrogen-bond acceptors (Lipinski definition) is 5. The Hall–Kier alpha value is -2.34. The summed E-state index contributed by atoms with van der Waals surface area (Å²) in [6.45, 7) is 0.0947. The van der Waals surface area contributed by atoms with E-state index < -0.39 is 26.8 Å². The summed E-state index contributed by atoms with van der Waals surface area (Å²) in [5.74, 6) is -0.226. The number of hydrogen-bond donors (Lipinski definition) is 2. The molecule has 0 radical (unpaired) electrons. The van der Waals surface area contributed by atoms with Crippen molar-refractivity contribution in [2.75, 3.05) is 4.72 Å². The number of nitrogens with two attached hydrogens (primary N) is 1. The number of rotatable bonds is 5. The van der Waals surface area contributed by atoms with Crippen LogP contribution >= 0.6 is 23.2 Å². The van der Waals surface area contributed by atoms with Crippen molar-refractivity contribution >= 4 is 38.9 Å². The van der Waals surface area contributed by atoms with Gasteiger partial charge in [0.15, 0.2) is 10.8 Å². The average molecular weight is 466 g/mol. The van der Waals surface area contributed by atoms with Crippen molar-refractivity contribution in [3.63, 3.8) is 0 Å². The van der Waals surface area contributed by atoms with Crippen molar-refractivity contribution in [3.8, 4) is 5.82 Å². The van der Waals surface area contributed by atoms with E-state index in [9.17, 15) is 21.6 Å². The van der Waals surface area contributed by atoms with Gasteiger partial charge in [-0.2, -0.15) is 21.6 Å². The Kier molecular flexibility index (Phi) is 5.77. The van der Waals surface area contributed by atoms with Gasteiger partial charge in [0.05, 0.1) is 16.8 Å². The van der Waals surface area contributed by atoms with Crippen LogP contribution in [0.4, 0.5) is 18.9 Å². The van der Waals surface area contributed by atoms with Gasteiger partial charge < -0.3 is 5.73 Å². The van der Waals surface area contributed by atoms with E-state index >= 15 is 0 Å². The monoisotopic (exact) mass is 465 g/mol. The Morgan fingerprint density at radius 2 is 1.86 bits per heavy atom. The van der Waals surface area contributed by atoms with Gasteiger partial charge in [0.1, 0.15) is 6.33 Å². The molecule has 0 aliphatic rings. The molecule has 154 valence electrons. The van der Waals surface area contributed by atoms with E-state index in [0.29, 0.717) is 22.8 Å². The van der Waals surface area contributed by atoms with Crippen molar-refractivity contribution in [1.29, 1.82) is 0 Å². The smallest absolute Gasteiger partial charge is 0.326 e. The first-order valence-corrected chi connectivity index (χ1v) is 10.0. The minimum Gasteiger partial charge on any atom is -0.326 e. The fourth-order valence-electron chi connectivity index (χ4n) is 2.41. The lowest BCUT2D eigenvalue weighted by Gasteiger charge is -2.13. The van der Waals surface area contributed by atoms with Crippen LogP contribution in [0.5, 0.6) is 0 Å². The van der Waals surface area contributed by atoms with Gasteiger partial charge in [0.25, 0.3) is 10.0 Å². The fraction of sp³-hybridized carbons (Fsp3) is 0.125. The molecule has 0 saturated heterocycles. The average Bonchev–Trinajstić information content (AvgIpc) is 3.13. The van der Waals surface area contributed by atoms with Crippen molar-refractivity contribution in [3.05, 3.63) is 64.2 Å². The van der Waals surface area contributed by atoms with Gasteiger partial charge >= 0.3 is 6.18 Å². The van der Waals surface area contributed by atoms with E-state index in [2.05, 4.69) is 14.7 Å². The number of pyridine rings is 1. The summed E-state index contributed by atoms with van der Waals surface area (Å²) in [5.41, 5.74) is 5.20. The first-order chi connectivity index (χ1) is 13.5. The van der Waals surface area contributed by atoms with Gasteiger partial charge in [-0.25, -0.2) is 9.97 Å². The molecule has 3 rings (SSSR count). The molecular weight excluding hydrogens is 454 g/mol. The number of anilines is 1. The van der Waals surface area contributed by atoms with Crippen LogP contribution in [0.2, 0.25) is 10.0 Å². The SMILES string of the molecule is NCc1cc(NS(=O)(=O)c2cncn2-c2ncc(C(F)(F)F)cc2Cl)ccc1Cl. The molecule has 0 atom stereocenters. The number of sulfonamides is 1. The largest absolute Gasteiger partial charge is 0.417 e. The number of alkyl halides is 3. The van der Waals surface area contributed by atoms with E-state index in [-0.39, 0.29) is 23.1 Å². The van der Waals surface area contributed by atoms with Gasteiger partial charge in [-0.3, -0.25) is 9.29 Å². The number of nitrogens with zero attached hydrogens (tertiary/aromatic N) is 3. The molecule has 0 aliphatic heterocycles. The molecule has 7 nitrogen and oxygen atoms in total. The maximum Gasteiger partial charge on any atom is 0.417 e. The third-order valence-corrected chi connectivity index (χ3v) is 5.78. The topological polar surface area (TPSA) is 103 Å². The molecule has 13 heteroatoms. The number of imidazole rings is 1. The highest BCUT2D eigenvalue weighted by Crippen LogP contribution is 2.32. The summed E-state index contributed by atoms with van der Waals surface area (Å²) in [6, 6.07) is 5.03. The molecule has 0 bridgehead atoms. The summed E-state index contributed by atoms with van der Waals surface area (Å²) in [5, 5.41) is -0.400. The predicted octanol–water partition coefficient (Wildman–Crippen LogP) is 3.85. The van der Waals surface area contributed by atoms with Crippen LogP contribution in [-0.4, -0.2) is 23.0 Å². The third kappa shape index (κ3) is 4.47.